The number of hydrogen-bond donors (Lipinski definition) is 1. The number of hydrogen-bond acceptors (Lipinski definition) is 3. The Balaban J connectivity index is 2.52. The maximum absolute atomic E-state index is 12.5. The molecule has 2 aromatic carbocycles. The molecule has 0 amide bonds. The van der Waals surface area contributed by atoms with Gasteiger partial charge in [-0.25, -0.2) is 0 Å². The molecule has 0 heterocycles. The quantitative estimate of drug-likeness (QED) is 0.857. The van der Waals surface area contributed by atoms with Gasteiger partial charge in [0.05, 0.1) is 18.6 Å². The van der Waals surface area contributed by atoms with Gasteiger partial charge in [0, 0.05) is 11.1 Å². The number of ketones is 1. The minimum atomic E-state index is -0.961. The lowest BCUT2D eigenvalue weighted by Crippen LogP contribution is -2.12. The molecule has 0 spiro atoms. The van der Waals surface area contributed by atoms with E-state index >= 15 is 0 Å². The van der Waals surface area contributed by atoms with Gasteiger partial charge in [-0.1, -0.05) is 42.5 Å². The third-order valence-electron chi connectivity index (χ3n) is 3.37. The zero-order chi connectivity index (χ0) is 15.4. The molecule has 0 aliphatic carbocycles. The third kappa shape index (κ3) is 2.94. The van der Waals surface area contributed by atoms with E-state index in [0.29, 0.717) is 22.4 Å². The third-order valence-corrected chi connectivity index (χ3v) is 3.37. The van der Waals surface area contributed by atoms with Crippen LogP contribution in [0.25, 0.3) is 0 Å². The van der Waals surface area contributed by atoms with Gasteiger partial charge < -0.3 is 9.84 Å². The van der Waals surface area contributed by atoms with E-state index in [-0.39, 0.29) is 5.78 Å². The molecule has 0 bridgehead atoms. The van der Waals surface area contributed by atoms with Crippen molar-refractivity contribution in [3.05, 3.63) is 65.2 Å². The van der Waals surface area contributed by atoms with E-state index in [0.717, 1.165) is 0 Å². The van der Waals surface area contributed by atoms with E-state index in [1.165, 1.54) is 7.11 Å². The smallest absolute Gasteiger partial charge is 0.310 e. The summed E-state index contributed by atoms with van der Waals surface area (Å²) in [7, 11) is 1.44. The molecule has 21 heavy (non-hydrogen) atoms. The average Bonchev–Trinajstić information content (AvgIpc) is 2.53. The Hall–Kier alpha value is -2.62. The molecule has 0 radical (unpaired) electrons. The van der Waals surface area contributed by atoms with Crippen molar-refractivity contribution in [2.75, 3.05) is 7.11 Å². The SMILES string of the molecule is COc1c(C(=O)c2ccccc2)cccc1C(C)C(=O)O. The van der Waals surface area contributed by atoms with Crippen molar-refractivity contribution in [1.82, 2.24) is 0 Å². The lowest BCUT2D eigenvalue weighted by molar-refractivity contribution is -0.138. The van der Waals surface area contributed by atoms with Crippen LogP contribution in [-0.4, -0.2) is 24.0 Å². The molecule has 0 saturated heterocycles. The van der Waals surface area contributed by atoms with Gasteiger partial charge in [0.2, 0.25) is 0 Å². The fraction of sp³-hybridized carbons (Fsp3) is 0.176. The van der Waals surface area contributed by atoms with Gasteiger partial charge in [0.1, 0.15) is 5.75 Å². The molecule has 0 aromatic heterocycles. The molecule has 0 fully saturated rings. The Bertz CT molecular complexity index is 662. The summed E-state index contributed by atoms with van der Waals surface area (Å²) in [6.07, 6.45) is 0. The first kappa shape index (κ1) is 14.8. The number of benzene rings is 2. The number of aliphatic carboxylic acids is 1. The number of carbonyl (C=O) groups excluding carboxylic acids is 1. The van der Waals surface area contributed by atoms with Crippen LogP contribution in [0, 0.1) is 0 Å². The highest BCUT2D eigenvalue weighted by molar-refractivity contribution is 6.11. The molecule has 0 aliphatic rings. The number of carbonyl (C=O) groups is 2. The van der Waals surface area contributed by atoms with Crippen LogP contribution in [0.3, 0.4) is 0 Å². The summed E-state index contributed by atoms with van der Waals surface area (Å²) in [5, 5.41) is 9.16. The summed E-state index contributed by atoms with van der Waals surface area (Å²) < 4.78 is 5.31. The summed E-state index contributed by atoms with van der Waals surface area (Å²) in [6, 6.07) is 13.8. The molecule has 1 N–H and O–H groups in total. The second-order valence-electron chi connectivity index (χ2n) is 4.68. The van der Waals surface area contributed by atoms with Crippen LogP contribution in [0.1, 0.15) is 34.3 Å². The molecule has 2 rings (SSSR count). The number of carboxylic acids is 1. The van der Waals surface area contributed by atoms with Crippen LogP contribution in [0.2, 0.25) is 0 Å². The second kappa shape index (κ2) is 6.22. The van der Waals surface area contributed by atoms with E-state index in [2.05, 4.69) is 0 Å². The first-order chi connectivity index (χ1) is 10.1. The Labute approximate surface area is 123 Å². The number of para-hydroxylation sites is 1. The maximum Gasteiger partial charge on any atom is 0.310 e. The van der Waals surface area contributed by atoms with Gasteiger partial charge >= 0.3 is 5.97 Å². The summed E-state index contributed by atoms with van der Waals surface area (Å²) in [4.78, 5) is 23.7. The van der Waals surface area contributed by atoms with Crippen LogP contribution in [0.4, 0.5) is 0 Å². The van der Waals surface area contributed by atoms with Gasteiger partial charge in [-0.2, -0.15) is 0 Å². The molecule has 2 aromatic rings. The Morgan fingerprint density at radius 2 is 1.71 bits per heavy atom. The minimum Gasteiger partial charge on any atom is -0.496 e. The highest BCUT2D eigenvalue weighted by Crippen LogP contribution is 2.31. The van der Waals surface area contributed by atoms with Gasteiger partial charge in [-0.05, 0) is 13.0 Å². The summed E-state index contributed by atoms with van der Waals surface area (Å²) >= 11 is 0. The summed E-state index contributed by atoms with van der Waals surface area (Å²) in [6.45, 7) is 1.57. The Kier molecular flexibility index (Phi) is 4.38. The van der Waals surface area contributed by atoms with Crippen molar-refractivity contribution < 1.29 is 19.4 Å². The number of methoxy groups -OCH3 is 1. The fourth-order valence-corrected chi connectivity index (χ4v) is 2.18. The van der Waals surface area contributed by atoms with Crippen molar-refractivity contribution in [1.29, 1.82) is 0 Å². The molecular weight excluding hydrogens is 268 g/mol. The van der Waals surface area contributed by atoms with Crippen molar-refractivity contribution in [3.63, 3.8) is 0 Å². The van der Waals surface area contributed by atoms with E-state index in [9.17, 15) is 9.59 Å². The van der Waals surface area contributed by atoms with Crippen molar-refractivity contribution in [2.24, 2.45) is 0 Å². The summed E-state index contributed by atoms with van der Waals surface area (Å²) in [5.74, 6) is -1.57. The van der Waals surface area contributed by atoms with Crippen LogP contribution in [0.5, 0.6) is 5.75 Å². The highest BCUT2D eigenvalue weighted by atomic mass is 16.5. The molecule has 0 saturated carbocycles. The maximum atomic E-state index is 12.5. The monoisotopic (exact) mass is 284 g/mol. The standard InChI is InChI=1S/C17H16O4/c1-11(17(19)20)13-9-6-10-14(16(13)21-2)15(18)12-7-4-3-5-8-12/h3-11H,1-2H3,(H,19,20). The second-order valence-corrected chi connectivity index (χ2v) is 4.68. The predicted molar refractivity (Wildman–Crippen MR) is 78.9 cm³/mol. The lowest BCUT2D eigenvalue weighted by Gasteiger charge is -2.15. The van der Waals surface area contributed by atoms with Crippen LogP contribution < -0.4 is 4.74 Å². The van der Waals surface area contributed by atoms with Crippen molar-refractivity contribution >= 4 is 11.8 Å². The van der Waals surface area contributed by atoms with Gasteiger partial charge in [0.25, 0.3) is 0 Å². The van der Waals surface area contributed by atoms with Crippen LogP contribution in [-0.2, 0) is 4.79 Å². The summed E-state index contributed by atoms with van der Waals surface area (Å²) in [5.41, 5.74) is 1.40. The lowest BCUT2D eigenvalue weighted by atomic mass is 9.94. The fourth-order valence-electron chi connectivity index (χ4n) is 2.18. The molecule has 1 unspecified atom stereocenters. The first-order valence-electron chi connectivity index (χ1n) is 6.55. The van der Waals surface area contributed by atoms with Gasteiger partial charge in [-0.3, -0.25) is 9.59 Å². The van der Waals surface area contributed by atoms with Gasteiger partial charge in [-0.15, -0.1) is 0 Å². The van der Waals surface area contributed by atoms with Crippen molar-refractivity contribution in [3.8, 4) is 5.75 Å². The Morgan fingerprint density at radius 1 is 1.05 bits per heavy atom. The molecule has 4 heteroatoms. The molecular formula is C17H16O4. The highest BCUT2D eigenvalue weighted by Gasteiger charge is 2.23. The first-order valence-corrected chi connectivity index (χ1v) is 6.55. The average molecular weight is 284 g/mol. The zero-order valence-corrected chi connectivity index (χ0v) is 11.9. The Morgan fingerprint density at radius 3 is 2.29 bits per heavy atom. The van der Waals surface area contributed by atoms with Crippen LogP contribution in [0.15, 0.2) is 48.5 Å². The topological polar surface area (TPSA) is 63.6 Å². The minimum absolute atomic E-state index is 0.188. The molecule has 1 atom stereocenters. The van der Waals surface area contributed by atoms with E-state index in [1.807, 2.05) is 6.07 Å². The normalized spacial score (nSPS) is 11.7. The zero-order valence-electron chi connectivity index (χ0n) is 11.9. The predicted octanol–water partition coefficient (Wildman–Crippen LogP) is 3.11. The van der Waals surface area contributed by atoms with E-state index < -0.39 is 11.9 Å². The van der Waals surface area contributed by atoms with Gasteiger partial charge in [0.15, 0.2) is 5.78 Å². The van der Waals surface area contributed by atoms with Crippen molar-refractivity contribution in [2.45, 2.75) is 12.8 Å². The molecule has 0 aliphatic heterocycles. The number of rotatable bonds is 5. The largest absolute Gasteiger partial charge is 0.496 e. The number of ether oxygens (including phenoxy) is 1. The van der Waals surface area contributed by atoms with E-state index in [4.69, 9.17) is 9.84 Å². The molecule has 4 nitrogen and oxygen atoms in total. The number of carboxylic acid groups (broad SMARTS) is 1. The van der Waals surface area contributed by atoms with E-state index in [1.54, 1.807) is 49.4 Å². The van der Waals surface area contributed by atoms with Crippen LogP contribution >= 0.6 is 0 Å². The molecule has 108 valence electrons.